The van der Waals surface area contributed by atoms with Crippen molar-refractivity contribution >= 4 is 23.2 Å². The number of carbonyl (C=O) groups excluding carboxylic acids is 1. The first-order chi connectivity index (χ1) is 9.63. The van der Waals surface area contributed by atoms with E-state index in [1.807, 2.05) is 24.1 Å². The van der Waals surface area contributed by atoms with Gasteiger partial charge in [-0.05, 0) is 37.5 Å². The van der Waals surface area contributed by atoms with Crippen molar-refractivity contribution in [3.05, 3.63) is 28.8 Å². The maximum Gasteiger partial charge on any atom is 0.255 e. The molecule has 0 radical (unpaired) electrons. The average molecular weight is 295 g/mol. The van der Waals surface area contributed by atoms with Gasteiger partial charge < -0.3 is 10.2 Å². The molecule has 0 saturated heterocycles. The Bertz CT molecular complexity index is 470. The maximum atomic E-state index is 12.7. The van der Waals surface area contributed by atoms with Crippen molar-refractivity contribution in [1.29, 1.82) is 0 Å². The van der Waals surface area contributed by atoms with E-state index in [1.54, 1.807) is 6.07 Å². The van der Waals surface area contributed by atoms with E-state index in [-0.39, 0.29) is 5.91 Å². The quantitative estimate of drug-likeness (QED) is 0.883. The summed E-state index contributed by atoms with van der Waals surface area (Å²) in [6.07, 6.45) is 5.69. The number of nitrogens with zero attached hydrogens (tertiary/aromatic N) is 1. The van der Waals surface area contributed by atoms with E-state index in [0.717, 1.165) is 31.5 Å². The van der Waals surface area contributed by atoms with E-state index in [4.69, 9.17) is 11.6 Å². The minimum Gasteiger partial charge on any atom is -0.384 e. The molecule has 0 aliphatic heterocycles. The number of benzene rings is 1. The molecule has 1 aliphatic rings. The van der Waals surface area contributed by atoms with Crippen molar-refractivity contribution in [2.24, 2.45) is 0 Å². The van der Waals surface area contributed by atoms with Gasteiger partial charge in [-0.25, -0.2) is 0 Å². The Morgan fingerprint density at radius 2 is 2.10 bits per heavy atom. The summed E-state index contributed by atoms with van der Waals surface area (Å²) in [5, 5.41) is 3.92. The van der Waals surface area contributed by atoms with Crippen LogP contribution in [0.3, 0.4) is 0 Å². The van der Waals surface area contributed by atoms with Crippen LogP contribution in [0.2, 0.25) is 5.02 Å². The van der Waals surface area contributed by atoms with Gasteiger partial charge in [-0.1, -0.05) is 31.4 Å². The molecule has 0 spiro atoms. The average Bonchev–Trinajstić information content (AvgIpc) is 2.98. The van der Waals surface area contributed by atoms with Gasteiger partial charge in [0.15, 0.2) is 0 Å². The van der Waals surface area contributed by atoms with Gasteiger partial charge >= 0.3 is 0 Å². The molecule has 1 aromatic carbocycles. The van der Waals surface area contributed by atoms with Gasteiger partial charge in [-0.15, -0.1) is 0 Å². The predicted octanol–water partition coefficient (Wildman–Crippen LogP) is 4.18. The lowest BCUT2D eigenvalue weighted by Gasteiger charge is -2.25. The zero-order valence-corrected chi connectivity index (χ0v) is 13.0. The van der Waals surface area contributed by atoms with E-state index in [1.165, 1.54) is 12.8 Å². The fourth-order valence-corrected chi connectivity index (χ4v) is 2.93. The molecule has 1 aromatic rings. The minimum absolute atomic E-state index is 0.0676. The van der Waals surface area contributed by atoms with E-state index >= 15 is 0 Å². The Hall–Kier alpha value is -1.22. The zero-order valence-electron chi connectivity index (χ0n) is 12.3. The van der Waals surface area contributed by atoms with Crippen molar-refractivity contribution in [3.8, 4) is 0 Å². The second-order valence-corrected chi connectivity index (χ2v) is 5.91. The lowest BCUT2D eigenvalue weighted by molar-refractivity contribution is 0.0736. The van der Waals surface area contributed by atoms with Crippen LogP contribution in [-0.2, 0) is 0 Å². The Labute approximate surface area is 126 Å². The standard InChI is InChI=1S/C16H23ClN2O/c1-3-10-18-15-9-8-12(17)11-14(15)16(20)19(2)13-6-4-5-7-13/h8-9,11,13,18H,3-7,10H2,1-2H3. The number of hydrogen-bond acceptors (Lipinski definition) is 2. The first kappa shape index (κ1) is 15.2. The fourth-order valence-electron chi connectivity index (χ4n) is 2.75. The van der Waals surface area contributed by atoms with Crippen molar-refractivity contribution < 1.29 is 4.79 Å². The molecule has 1 aliphatic carbocycles. The number of rotatable bonds is 5. The Kier molecular flexibility index (Phi) is 5.30. The Morgan fingerprint density at radius 1 is 1.40 bits per heavy atom. The molecule has 1 fully saturated rings. The second kappa shape index (κ2) is 6.98. The second-order valence-electron chi connectivity index (χ2n) is 5.47. The zero-order chi connectivity index (χ0) is 14.5. The Morgan fingerprint density at radius 3 is 2.75 bits per heavy atom. The highest BCUT2D eigenvalue weighted by molar-refractivity contribution is 6.31. The molecule has 2 rings (SSSR count). The highest BCUT2D eigenvalue weighted by Crippen LogP contribution is 2.27. The summed E-state index contributed by atoms with van der Waals surface area (Å²) in [5.74, 6) is 0.0676. The van der Waals surface area contributed by atoms with E-state index in [2.05, 4.69) is 12.2 Å². The third-order valence-corrected chi connectivity index (χ3v) is 4.21. The lowest BCUT2D eigenvalue weighted by Crippen LogP contribution is -2.35. The molecule has 0 unspecified atom stereocenters. The van der Waals surface area contributed by atoms with Crippen LogP contribution in [0.15, 0.2) is 18.2 Å². The SMILES string of the molecule is CCCNc1ccc(Cl)cc1C(=O)N(C)C1CCCC1. The van der Waals surface area contributed by atoms with Gasteiger partial charge in [0, 0.05) is 30.3 Å². The number of nitrogens with one attached hydrogen (secondary N) is 1. The number of anilines is 1. The van der Waals surface area contributed by atoms with Crippen LogP contribution in [0.25, 0.3) is 0 Å². The monoisotopic (exact) mass is 294 g/mol. The predicted molar refractivity (Wildman–Crippen MR) is 84.6 cm³/mol. The van der Waals surface area contributed by atoms with Crippen LogP contribution in [0.1, 0.15) is 49.4 Å². The lowest BCUT2D eigenvalue weighted by atomic mass is 10.1. The van der Waals surface area contributed by atoms with Gasteiger partial charge in [-0.3, -0.25) is 4.79 Å². The number of carbonyl (C=O) groups is 1. The largest absolute Gasteiger partial charge is 0.384 e. The van der Waals surface area contributed by atoms with E-state index < -0.39 is 0 Å². The summed E-state index contributed by atoms with van der Waals surface area (Å²) >= 11 is 6.06. The van der Waals surface area contributed by atoms with Crippen LogP contribution in [0, 0.1) is 0 Å². The van der Waals surface area contributed by atoms with Crippen molar-refractivity contribution in [2.45, 2.75) is 45.1 Å². The van der Waals surface area contributed by atoms with Crippen molar-refractivity contribution in [3.63, 3.8) is 0 Å². The molecule has 0 atom stereocenters. The Balaban J connectivity index is 2.20. The molecule has 0 bridgehead atoms. The molecule has 0 aromatic heterocycles. The summed E-state index contributed by atoms with van der Waals surface area (Å²) in [6.45, 7) is 2.96. The molecular weight excluding hydrogens is 272 g/mol. The first-order valence-corrected chi connectivity index (χ1v) is 7.82. The summed E-state index contributed by atoms with van der Waals surface area (Å²) in [5.41, 5.74) is 1.56. The van der Waals surface area contributed by atoms with Crippen LogP contribution in [-0.4, -0.2) is 30.4 Å². The van der Waals surface area contributed by atoms with Crippen molar-refractivity contribution in [1.82, 2.24) is 4.90 Å². The van der Waals surface area contributed by atoms with Gasteiger partial charge in [-0.2, -0.15) is 0 Å². The molecule has 1 amide bonds. The summed E-state index contributed by atoms with van der Waals surface area (Å²) in [7, 11) is 1.91. The van der Waals surface area contributed by atoms with Gasteiger partial charge in [0.05, 0.1) is 5.56 Å². The van der Waals surface area contributed by atoms with Crippen LogP contribution in [0.4, 0.5) is 5.69 Å². The maximum absolute atomic E-state index is 12.7. The first-order valence-electron chi connectivity index (χ1n) is 7.44. The molecule has 1 N–H and O–H groups in total. The van der Waals surface area contributed by atoms with Crippen LogP contribution < -0.4 is 5.32 Å². The third-order valence-electron chi connectivity index (χ3n) is 3.97. The van der Waals surface area contributed by atoms with E-state index in [9.17, 15) is 4.79 Å². The molecule has 0 heterocycles. The van der Waals surface area contributed by atoms with E-state index in [0.29, 0.717) is 16.6 Å². The molecule has 20 heavy (non-hydrogen) atoms. The highest BCUT2D eigenvalue weighted by Gasteiger charge is 2.25. The van der Waals surface area contributed by atoms with Crippen LogP contribution >= 0.6 is 11.6 Å². The highest BCUT2D eigenvalue weighted by atomic mass is 35.5. The number of halogens is 1. The summed E-state index contributed by atoms with van der Waals surface area (Å²) < 4.78 is 0. The van der Waals surface area contributed by atoms with Gasteiger partial charge in [0.25, 0.3) is 5.91 Å². The smallest absolute Gasteiger partial charge is 0.255 e. The van der Waals surface area contributed by atoms with Crippen LogP contribution in [0.5, 0.6) is 0 Å². The number of hydrogen-bond donors (Lipinski definition) is 1. The third kappa shape index (κ3) is 3.45. The van der Waals surface area contributed by atoms with Crippen molar-refractivity contribution in [2.75, 3.05) is 18.9 Å². The molecule has 1 saturated carbocycles. The van der Waals surface area contributed by atoms with Gasteiger partial charge in [0.1, 0.15) is 0 Å². The topological polar surface area (TPSA) is 32.3 Å². The molecular formula is C16H23ClN2O. The normalized spacial score (nSPS) is 15.3. The molecule has 4 heteroatoms. The number of amides is 1. The van der Waals surface area contributed by atoms with Gasteiger partial charge in [0.2, 0.25) is 0 Å². The minimum atomic E-state index is 0.0676. The molecule has 110 valence electrons. The summed E-state index contributed by atoms with van der Waals surface area (Å²) in [6, 6.07) is 5.87. The fraction of sp³-hybridized carbons (Fsp3) is 0.562. The molecule has 3 nitrogen and oxygen atoms in total. The summed E-state index contributed by atoms with van der Waals surface area (Å²) in [4.78, 5) is 14.6.